The summed E-state index contributed by atoms with van der Waals surface area (Å²) in [4.78, 5) is 12.9. The van der Waals surface area contributed by atoms with Crippen LogP contribution in [0.1, 0.15) is 32.6 Å². The summed E-state index contributed by atoms with van der Waals surface area (Å²) in [5, 5.41) is 19.6. The Morgan fingerprint density at radius 2 is 2.27 bits per heavy atom. The number of hydrogen-bond donors (Lipinski definition) is 2. The van der Waals surface area contributed by atoms with E-state index >= 15 is 0 Å². The van der Waals surface area contributed by atoms with Gasteiger partial charge in [-0.05, 0) is 19.8 Å². The molecule has 1 aliphatic carbocycles. The van der Waals surface area contributed by atoms with E-state index < -0.39 is 11.8 Å². The smallest absolute Gasteiger partial charge is 0.157 e. The van der Waals surface area contributed by atoms with Crippen molar-refractivity contribution in [3.8, 4) is 0 Å². The van der Waals surface area contributed by atoms with E-state index in [1.807, 2.05) is 4.90 Å². The first kappa shape index (κ1) is 10.6. The first-order valence-corrected chi connectivity index (χ1v) is 5.38. The van der Waals surface area contributed by atoms with Gasteiger partial charge in [-0.2, -0.15) is 0 Å². The molecule has 1 aliphatic heterocycles. The minimum Gasteiger partial charge on any atom is -0.390 e. The van der Waals surface area contributed by atoms with Crippen LogP contribution in [-0.4, -0.2) is 39.3 Å². The molecule has 2 unspecified atom stereocenters. The van der Waals surface area contributed by atoms with Gasteiger partial charge in [0.15, 0.2) is 5.78 Å². The van der Waals surface area contributed by atoms with E-state index in [-0.39, 0.29) is 5.78 Å². The Bertz CT molecular complexity index is 309. The molecule has 4 nitrogen and oxygen atoms in total. The van der Waals surface area contributed by atoms with Crippen LogP contribution in [0.2, 0.25) is 0 Å². The average Bonchev–Trinajstić information content (AvgIpc) is 2.50. The molecule has 4 heteroatoms. The molecule has 0 aromatic carbocycles. The van der Waals surface area contributed by atoms with Crippen molar-refractivity contribution in [3.63, 3.8) is 0 Å². The number of carbonyl (C=O) groups is 1. The second-order valence-corrected chi connectivity index (χ2v) is 4.73. The lowest BCUT2D eigenvalue weighted by atomic mass is 9.92. The topological polar surface area (TPSA) is 60.8 Å². The molecular formula is C11H17NO3. The zero-order valence-corrected chi connectivity index (χ0v) is 8.94. The second-order valence-electron chi connectivity index (χ2n) is 4.73. The third kappa shape index (κ3) is 2.21. The van der Waals surface area contributed by atoms with Crippen molar-refractivity contribution < 1.29 is 15.0 Å². The van der Waals surface area contributed by atoms with Gasteiger partial charge in [-0.15, -0.1) is 0 Å². The molecule has 1 fully saturated rings. The molecule has 0 aromatic rings. The maximum absolute atomic E-state index is 11.1. The highest BCUT2D eigenvalue weighted by atomic mass is 16.3. The number of aliphatic hydroxyl groups excluding tert-OH is 1. The van der Waals surface area contributed by atoms with Crippen molar-refractivity contribution in [1.82, 2.24) is 4.90 Å². The van der Waals surface area contributed by atoms with E-state index in [0.717, 1.165) is 12.1 Å². The summed E-state index contributed by atoms with van der Waals surface area (Å²) in [6.07, 6.45) is 3.20. The molecule has 1 heterocycles. The number of carbonyl (C=O) groups excluding carboxylic acids is 1. The van der Waals surface area contributed by atoms with Crippen molar-refractivity contribution in [3.05, 3.63) is 11.8 Å². The molecule has 84 valence electrons. The maximum Gasteiger partial charge on any atom is 0.157 e. The van der Waals surface area contributed by atoms with Crippen molar-refractivity contribution in [2.75, 3.05) is 6.54 Å². The Kier molecular flexibility index (Phi) is 2.56. The first-order valence-electron chi connectivity index (χ1n) is 5.38. The normalized spacial score (nSPS) is 37.0. The third-order valence-electron chi connectivity index (χ3n) is 3.20. The largest absolute Gasteiger partial charge is 0.390 e. The van der Waals surface area contributed by atoms with Gasteiger partial charge in [0.1, 0.15) is 6.23 Å². The van der Waals surface area contributed by atoms with Gasteiger partial charge in [0.05, 0.1) is 5.60 Å². The summed E-state index contributed by atoms with van der Waals surface area (Å²) in [6.45, 7) is 2.36. The Morgan fingerprint density at radius 1 is 1.53 bits per heavy atom. The predicted octanol–water partition coefficient (Wildman–Crippen LogP) is 0.398. The lowest BCUT2D eigenvalue weighted by Gasteiger charge is -2.41. The van der Waals surface area contributed by atoms with Crippen LogP contribution >= 0.6 is 0 Å². The minimum absolute atomic E-state index is 0.134. The van der Waals surface area contributed by atoms with Crippen LogP contribution in [0.4, 0.5) is 0 Å². The Labute approximate surface area is 89.2 Å². The summed E-state index contributed by atoms with van der Waals surface area (Å²) >= 11 is 0. The lowest BCUT2D eigenvalue weighted by molar-refractivity contribution is -0.114. The van der Waals surface area contributed by atoms with Crippen molar-refractivity contribution >= 4 is 5.78 Å². The number of piperidine rings is 1. The highest BCUT2D eigenvalue weighted by molar-refractivity contribution is 5.92. The van der Waals surface area contributed by atoms with Gasteiger partial charge in [-0.1, -0.05) is 0 Å². The summed E-state index contributed by atoms with van der Waals surface area (Å²) in [5.74, 6) is 0.134. The SMILES string of the molecule is CC1(O)CCN(C2=CC(=O)CC2)C(O)C1. The van der Waals surface area contributed by atoms with E-state index in [9.17, 15) is 15.0 Å². The molecule has 0 aromatic heterocycles. The number of hydrogen-bond acceptors (Lipinski definition) is 4. The highest BCUT2D eigenvalue weighted by Gasteiger charge is 2.35. The molecule has 2 aliphatic rings. The van der Waals surface area contributed by atoms with Crippen LogP contribution in [0.5, 0.6) is 0 Å². The summed E-state index contributed by atoms with van der Waals surface area (Å²) in [5.41, 5.74) is 0.141. The number of aliphatic hydroxyl groups is 2. The molecular weight excluding hydrogens is 194 g/mol. The standard InChI is InChI=1S/C11H17NO3/c1-11(15)4-5-12(10(14)7-11)8-2-3-9(13)6-8/h6,10,14-15H,2-5,7H2,1H3. The van der Waals surface area contributed by atoms with Crippen LogP contribution in [0, 0.1) is 0 Å². The van der Waals surface area contributed by atoms with Crippen LogP contribution in [0.15, 0.2) is 11.8 Å². The number of allylic oxidation sites excluding steroid dienone is 2. The third-order valence-corrected chi connectivity index (χ3v) is 3.20. The van der Waals surface area contributed by atoms with Crippen molar-refractivity contribution in [2.45, 2.75) is 44.4 Å². The van der Waals surface area contributed by atoms with Crippen molar-refractivity contribution in [1.29, 1.82) is 0 Å². The van der Waals surface area contributed by atoms with E-state index in [1.54, 1.807) is 13.0 Å². The molecule has 0 bridgehead atoms. The predicted molar refractivity (Wildman–Crippen MR) is 54.9 cm³/mol. The molecule has 2 atom stereocenters. The summed E-state index contributed by atoms with van der Waals surface area (Å²) < 4.78 is 0. The van der Waals surface area contributed by atoms with E-state index in [2.05, 4.69) is 0 Å². The van der Waals surface area contributed by atoms with Gasteiger partial charge in [0, 0.05) is 31.2 Å². The first-order chi connectivity index (χ1) is 6.98. The van der Waals surface area contributed by atoms with E-state index in [1.165, 1.54) is 0 Å². The Morgan fingerprint density at radius 3 is 2.80 bits per heavy atom. The van der Waals surface area contributed by atoms with Gasteiger partial charge in [0.2, 0.25) is 0 Å². The fourth-order valence-electron chi connectivity index (χ4n) is 2.26. The number of rotatable bonds is 1. The van der Waals surface area contributed by atoms with Crippen LogP contribution in [0.3, 0.4) is 0 Å². The lowest BCUT2D eigenvalue weighted by Crippen LogP contribution is -2.48. The Hall–Kier alpha value is -0.870. The maximum atomic E-state index is 11.1. The monoisotopic (exact) mass is 211 g/mol. The molecule has 2 rings (SSSR count). The van der Waals surface area contributed by atoms with E-state index in [4.69, 9.17) is 0 Å². The molecule has 1 saturated heterocycles. The number of likely N-dealkylation sites (tertiary alicyclic amines) is 1. The van der Waals surface area contributed by atoms with Gasteiger partial charge in [-0.25, -0.2) is 0 Å². The fourth-order valence-corrected chi connectivity index (χ4v) is 2.26. The summed E-state index contributed by atoms with van der Waals surface area (Å²) in [7, 11) is 0. The molecule has 15 heavy (non-hydrogen) atoms. The molecule has 2 N–H and O–H groups in total. The van der Waals surface area contributed by atoms with Crippen LogP contribution in [0.25, 0.3) is 0 Å². The van der Waals surface area contributed by atoms with Crippen molar-refractivity contribution in [2.24, 2.45) is 0 Å². The minimum atomic E-state index is -0.779. The number of ketones is 1. The van der Waals surface area contributed by atoms with Crippen LogP contribution < -0.4 is 0 Å². The van der Waals surface area contributed by atoms with Gasteiger partial charge < -0.3 is 15.1 Å². The molecule has 0 radical (unpaired) electrons. The second kappa shape index (κ2) is 3.61. The quantitative estimate of drug-likeness (QED) is 0.659. The van der Waals surface area contributed by atoms with E-state index in [0.29, 0.717) is 25.8 Å². The molecule has 0 spiro atoms. The average molecular weight is 211 g/mol. The zero-order chi connectivity index (χ0) is 11.1. The van der Waals surface area contributed by atoms with Crippen LogP contribution in [-0.2, 0) is 4.79 Å². The zero-order valence-electron chi connectivity index (χ0n) is 8.94. The van der Waals surface area contributed by atoms with Gasteiger partial charge in [-0.3, -0.25) is 4.79 Å². The molecule has 0 amide bonds. The highest BCUT2D eigenvalue weighted by Crippen LogP contribution is 2.30. The summed E-state index contributed by atoms with van der Waals surface area (Å²) in [6, 6.07) is 0. The molecule has 0 saturated carbocycles. The fraction of sp³-hybridized carbons (Fsp3) is 0.727. The van der Waals surface area contributed by atoms with Gasteiger partial charge in [0.25, 0.3) is 0 Å². The Balaban J connectivity index is 2.06. The number of nitrogens with zero attached hydrogens (tertiary/aromatic N) is 1. The van der Waals surface area contributed by atoms with Gasteiger partial charge >= 0.3 is 0 Å².